The zero-order valence-corrected chi connectivity index (χ0v) is 7.84. The third-order valence-corrected chi connectivity index (χ3v) is 1.77. The van der Waals surface area contributed by atoms with E-state index in [9.17, 15) is 4.79 Å². The molecule has 0 bridgehead atoms. The molecule has 0 radical (unpaired) electrons. The van der Waals surface area contributed by atoms with Crippen molar-refractivity contribution in [3.05, 3.63) is 0 Å². The number of nitrogens with two attached hydrogens (primary N) is 1. The molecule has 0 spiro atoms. The first kappa shape index (κ1) is 11.4. The van der Waals surface area contributed by atoms with Gasteiger partial charge in [0.25, 0.3) is 0 Å². The van der Waals surface area contributed by atoms with Gasteiger partial charge in [0, 0.05) is 20.1 Å². The summed E-state index contributed by atoms with van der Waals surface area (Å²) in [6.45, 7) is 0.843. The Kier molecular flexibility index (Phi) is 8.12. The lowest BCUT2D eigenvalue weighted by Gasteiger charge is -1.99. The van der Waals surface area contributed by atoms with Crippen LogP contribution < -0.4 is 5.73 Å². The van der Waals surface area contributed by atoms with Gasteiger partial charge in [0.2, 0.25) is 5.91 Å². The summed E-state index contributed by atoms with van der Waals surface area (Å²) in [6.07, 6.45) is 6.05. The van der Waals surface area contributed by atoms with Crippen LogP contribution in [0.2, 0.25) is 0 Å². The van der Waals surface area contributed by atoms with Gasteiger partial charge in [-0.2, -0.15) is 0 Å². The molecule has 1 amide bonds. The molecule has 0 saturated heterocycles. The number of amides is 1. The fourth-order valence-electron chi connectivity index (χ4n) is 1.08. The van der Waals surface area contributed by atoms with Gasteiger partial charge in [-0.05, 0) is 12.8 Å². The zero-order valence-electron chi connectivity index (χ0n) is 7.84. The van der Waals surface area contributed by atoms with Crippen LogP contribution in [0.5, 0.6) is 0 Å². The first-order chi connectivity index (χ1) is 5.77. The molecule has 3 nitrogen and oxygen atoms in total. The molecule has 2 N–H and O–H groups in total. The fraction of sp³-hybridized carbons (Fsp3) is 0.889. The van der Waals surface area contributed by atoms with E-state index in [1.807, 2.05) is 0 Å². The molecule has 72 valence electrons. The lowest BCUT2D eigenvalue weighted by Crippen LogP contribution is -2.09. The van der Waals surface area contributed by atoms with Crippen molar-refractivity contribution in [2.45, 2.75) is 38.5 Å². The first-order valence-electron chi connectivity index (χ1n) is 4.54. The van der Waals surface area contributed by atoms with E-state index < -0.39 is 0 Å². The van der Waals surface area contributed by atoms with Crippen molar-refractivity contribution in [2.75, 3.05) is 13.7 Å². The van der Waals surface area contributed by atoms with Crippen molar-refractivity contribution in [2.24, 2.45) is 5.73 Å². The molecule has 0 saturated carbocycles. The van der Waals surface area contributed by atoms with Crippen molar-refractivity contribution in [3.8, 4) is 0 Å². The molecular formula is C9H19NO2. The van der Waals surface area contributed by atoms with E-state index in [4.69, 9.17) is 10.5 Å². The fourth-order valence-corrected chi connectivity index (χ4v) is 1.08. The molecule has 0 atom stereocenters. The van der Waals surface area contributed by atoms with Crippen LogP contribution in [-0.2, 0) is 9.53 Å². The maximum atomic E-state index is 10.3. The molecule has 0 aliphatic carbocycles. The Balaban J connectivity index is 2.86. The smallest absolute Gasteiger partial charge is 0.217 e. The average molecular weight is 173 g/mol. The van der Waals surface area contributed by atoms with E-state index >= 15 is 0 Å². The monoisotopic (exact) mass is 173 g/mol. The van der Waals surface area contributed by atoms with Gasteiger partial charge in [0.15, 0.2) is 0 Å². The van der Waals surface area contributed by atoms with Crippen molar-refractivity contribution in [3.63, 3.8) is 0 Å². The second-order valence-corrected chi connectivity index (χ2v) is 2.98. The number of carbonyl (C=O) groups is 1. The molecule has 0 aliphatic rings. The summed E-state index contributed by atoms with van der Waals surface area (Å²) < 4.78 is 4.91. The number of methoxy groups -OCH3 is 1. The van der Waals surface area contributed by atoms with Crippen LogP contribution in [0.3, 0.4) is 0 Å². The number of primary amides is 1. The Morgan fingerprint density at radius 1 is 1.17 bits per heavy atom. The standard InChI is InChI=1S/C9H19NO2/c1-12-8-6-4-2-3-5-7-9(10)11/h2-8H2,1H3,(H2,10,11). The second kappa shape index (κ2) is 8.53. The predicted octanol–water partition coefficient (Wildman–Crippen LogP) is 1.46. The molecule has 0 fully saturated rings. The summed E-state index contributed by atoms with van der Waals surface area (Å²) in [5.74, 6) is -0.188. The third-order valence-electron chi connectivity index (χ3n) is 1.77. The Morgan fingerprint density at radius 3 is 2.33 bits per heavy atom. The third kappa shape index (κ3) is 9.43. The lowest BCUT2D eigenvalue weighted by molar-refractivity contribution is -0.118. The number of hydrogen-bond acceptors (Lipinski definition) is 2. The molecule has 0 aromatic rings. The average Bonchev–Trinajstić information content (AvgIpc) is 2.02. The van der Waals surface area contributed by atoms with E-state index in [0.717, 1.165) is 25.9 Å². The van der Waals surface area contributed by atoms with Gasteiger partial charge in [-0.3, -0.25) is 4.79 Å². The predicted molar refractivity (Wildman–Crippen MR) is 48.8 cm³/mol. The summed E-state index contributed by atoms with van der Waals surface area (Å²) in [5, 5.41) is 0. The van der Waals surface area contributed by atoms with Gasteiger partial charge in [-0.1, -0.05) is 19.3 Å². The molecule has 0 heterocycles. The van der Waals surface area contributed by atoms with Gasteiger partial charge < -0.3 is 10.5 Å². The molecule has 0 aliphatic heterocycles. The van der Waals surface area contributed by atoms with Crippen LogP contribution in [-0.4, -0.2) is 19.6 Å². The highest BCUT2D eigenvalue weighted by Crippen LogP contribution is 2.04. The molecule has 3 heteroatoms. The van der Waals surface area contributed by atoms with Gasteiger partial charge in [0.05, 0.1) is 0 Å². The first-order valence-corrected chi connectivity index (χ1v) is 4.54. The van der Waals surface area contributed by atoms with Crippen LogP contribution in [0.25, 0.3) is 0 Å². The van der Waals surface area contributed by atoms with E-state index in [1.165, 1.54) is 12.8 Å². The zero-order chi connectivity index (χ0) is 9.23. The molecule has 0 aromatic heterocycles. The van der Waals surface area contributed by atoms with Gasteiger partial charge in [-0.25, -0.2) is 0 Å². The summed E-state index contributed by atoms with van der Waals surface area (Å²) >= 11 is 0. The van der Waals surface area contributed by atoms with E-state index in [-0.39, 0.29) is 5.91 Å². The highest BCUT2D eigenvalue weighted by atomic mass is 16.5. The number of ether oxygens (including phenoxy) is 1. The Labute approximate surface area is 74.3 Å². The molecule has 0 rings (SSSR count). The minimum atomic E-state index is -0.188. The molecule has 12 heavy (non-hydrogen) atoms. The summed E-state index contributed by atoms with van der Waals surface area (Å²) in [7, 11) is 1.72. The molecule has 0 unspecified atom stereocenters. The minimum Gasteiger partial charge on any atom is -0.385 e. The van der Waals surface area contributed by atoms with Gasteiger partial charge >= 0.3 is 0 Å². The van der Waals surface area contributed by atoms with Crippen molar-refractivity contribution < 1.29 is 9.53 Å². The van der Waals surface area contributed by atoms with E-state index in [2.05, 4.69) is 0 Å². The Hall–Kier alpha value is -0.570. The van der Waals surface area contributed by atoms with Crippen molar-refractivity contribution in [1.82, 2.24) is 0 Å². The maximum Gasteiger partial charge on any atom is 0.217 e. The van der Waals surface area contributed by atoms with Crippen LogP contribution in [0.15, 0.2) is 0 Å². The second-order valence-electron chi connectivity index (χ2n) is 2.98. The van der Waals surface area contributed by atoms with Crippen LogP contribution in [0.4, 0.5) is 0 Å². The SMILES string of the molecule is COCCCCCCCC(N)=O. The maximum absolute atomic E-state index is 10.3. The normalized spacial score (nSPS) is 10.1. The van der Waals surface area contributed by atoms with Crippen molar-refractivity contribution >= 4 is 5.91 Å². The van der Waals surface area contributed by atoms with Crippen LogP contribution in [0.1, 0.15) is 38.5 Å². The van der Waals surface area contributed by atoms with Crippen molar-refractivity contribution in [1.29, 1.82) is 0 Å². The lowest BCUT2D eigenvalue weighted by atomic mass is 10.1. The summed E-state index contributed by atoms with van der Waals surface area (Å²) in [4.78, 5) is 10.3. The van der Waals surface area contributed by atoms with Crippen LogP contribution in [0, 0.1) is 0 Å². The Bertz CT molecular complexity index is 115. The molecule has 0 aromatic carbocycles. The number of unbranched alkanes of at least 4 members (excludes halogenated alkanes) is 4. The quantitative estimate of drug-likeness (QED) is 0.565. The van der Waals surface area contributed by atoms with E-state index in [0.29, 0.717) is 6.42 Å². The largest absolute Gasteiger partial charge is 0.385 e. The number of carbonyl (C=O) groups excluding carboxylic acids is 1. The highest BCUT2D eigenvalue weighted by Gasteiger charge is 1.94. The highest BCUT2D eigenvalue weighted by molar-refractivity contribution is 5.73. The van der Waals surface area contributed by atoms with E-state index in [1.54, 1.807) is 7.11 Å². The molecular weight excluding hydrogens is 154 g/mol. The number of hydrogen-bond donors (Lipinski definition) is 1. The van der Waals surface area contributed by atoms with Gasteiger partial charge in [-0.15, -0.1) is 0 Å². The summed E-state index contributed by atoms with van der Waals surface area (Å²) in [5.41, 5.74) is 5.00. The Morgan fingerprint density at radius 2 is 1.75 bits per heavy atom. The summed E-state index contributed by atoms with van der Waals surface area (Å²) in [6, 6.07) is 0. The minimum absolute atomic E-state index is 0.188. The number of rotatable bonds is 8. The van der Waals surface area contributed by atoms with Crippen LogP contribution >= 0.6 is 0 Å². The topological polar surface area (TPSA) is 52.3 Å². The van der Waals surface area contributed by atoms with Gasteiger partial charge in [0.1, 0.15) is 0 Å².